The molecule has 0 amide bonds. The van der Waals surface area contributed by atoms with E-state index in [1.54, 1.807) is 0 Å². The molecule has 0 spiro atoms. The number of benzene rings is 2. The van der Waals surface area contributed by atoms with E-state index in [0.29, 0.717) is 11.1 Å². The molecule has 2 aromatic carbocycles. The van der Waals surface area contributed by atoms with Gasteiger partial charge in [0.25, 0.3) is 0 Å². The van der Waals surface area contributed by atoms with Crippen LogP contribution in [0.2, 0.25) is 0 Å². The van der Waals surface area contributed by atoms with Crippen molar-refractivity contribution >= 4 is 30.1 Å². The van der Waals surface area contributed by atoms with Crippen LogP contribution < -0.4 is 0 Å². The fourth-order valence-electron chi connectivity index (χ4n) is 3.79. The highest BCUT2D eigenvalue weighted by Gasteiger charge is 2.56. The number of aliphatic hydroxyl groups is 2. The van der Waals surface area contributed by atoms with Crippen LogP contribution in [0.5, 0.6) is 23.0 Å². The van der Waals surface area contributed by atoms with E-state index in [-0.39, 0.29) is 24.3 Å². The van der Waals surface area contributed by atoms with Gasteiger partial charge in [-0.2, -0.15) is 0 Å². The van der Waals surface area contributed by atoms with E-state index in [1.165, 1.54) is 48.6 Å². The van der Waals surface area contributed by atoms with Gasteiger partial charge in [0.2, 0.25) is 0 Å². The van der Waals surface area contributed by atoms with Crippen LogP contribution >= 0.6 is 0 Å². The summed E-state index contributed by atoms with van der Waals surface area (Å²) >= 11 is 0. The smallest absolute Gasteiger partial charge is 0.340 e. The van der Waals surface area contributed by atoms with E-state index in [1.807, 2.05) is 0 Å². The van der Waals surface area contributed by atoms with Gasteiger partial charge in [0, 0.05) is 12.2 Å². The Morgan fingerprint density at radius 1 is 0.842 bits per heavy atom. The van der Waals surface area contributed by atoms with Crippen molar-refractivity contribution in [2.24, 2.45) is 0 Å². The summed E-state index contributed by atoms with van der Waals surface area (Å²) in [6.45, 7) is 0. The van der Waals surface area contributed by atoms with Gasteiger partial charge in [0.1, 0.15) is 12.2 Å². The Kier molecular flexibility index (Phi) is 8.61. The van der Waals surface area contributed by atoms with Crippen molar-refractivity contribution in [3.05, 3.63) is 59.7 Å². The lowest BCUT2D eigenvalue weighted by molar-refractivity contribution is -0.220. The number of carbonyl (C=O) groups is 3. The summed E-state index contributed by atoms with van der Waals surface area (Å²) in [6.07, 6.45) is -1.07. The van der Waals surface area contributed by atoms with Crippen LogP contribution in [-0.4, -0.2) is 79.6 Å². The molecule has 12 heteroatoms. The van der Waals surface area contributed by atoms with Crippen LogP contribution in [0.25, 0.3) is 12.2 Å². The Hall–Kier alpha value is -4.55. The fourth-order valence-corrected chi connectivity index (χ4v) is 3.79. The Balaban J connectivity index is 1.77. The first kappa shape index (κ1) is 28.0. The summed E-state index contributed by atoms with van der Waals surface area (Å²) in [5.41, 5.74) is -1.76. The highest BCUT2D eigenvalue weighted by Crippen LogP contribution is 2.34. The molecule has 0 bridgehead atoms. The highest BCUT2D eigenvalue weighted by atomic mass is 16.6. The zero-order chi connectivity index (χ0) is 28.0. The molecule has 3 rings (SSSR count). The molecule has 1 saturated carbocycles. The van der Waals surface area contributed by atoms with Gasteiger partial charge in [0.15, 0.2) is 34.7 Å². The quantitative estimate of drug-likeness (QED) is 0.129. The molecule has 1 fully saturated rings. The largest absolute Gasteiger partial charge is 0.504 e. The number of phenols is 4. The minimum Gasteiger partial charge on any atom is -0.504 e. The summed E-state index contributed by atoms with van der Waals surface area (Å²) in [6, 6.07) is 7.61. The number of carbonyl (C=O) groups excluding carboxylic acids is 3. The Morgan fingerprint density at radius 3 is 1.82 bits per heavy atom. The van der Waals surface area contributed by atoms with Gasteiger partial charge in [-0.3, -0.25) is 0 Å². The van der Waals surface area contributed by atoms with Gasteiger partial charge in [-0.1, -0.05) is 12.1 Å². The van der Waals surface area contributed by atoms with Gasteiger partial charge < -0.3 is 44.8 Å². The van der Waals surface area contributed by atoms with E-state index in [4.69, 9.17) is 9.47 Å². The zero-order valence-electron chi connectivity index (χ0n) is 20.1. The minimum absolute atomic E-state index is 0.185. The van der Waals surface area contributed by atoms with Crippen molar-refractivity contribution in [2.45, 2.75) is 36.8 Å². The minimum atomic E-state index is -2.44. The van der Waals surface area contributed by atoms with E-state index in [9.17, 15) is 45.0 Å². The fraction of sp³-hybridized carbons (Fsp3) is 0.269. The predicted molar refractivity (Wildman–Crippen MR) is 130 cm³/mol. The first-order valence-corrected chi connectivity index (χ1v) is 11.2. The molecule has 0 aliphatic heterocycles. The van der Waals surface area contributed by atoms with Crippen LogP contribution in [0.3, 0.4) is 0 Å². The van der Waals surface area contributed by atoms with Crippen LogP contribution in [0, 0.1) is 0 Å². The van der Waals surface area contributed by atoms with Crippen molar-refractivity contribution in [3.8, 4) is 23.0 Å². The molecule has 4 atom stereocenters. The third-order valence-corrected chi connectivity index (χ3v) is 5.86. The third-order valence-electron chi connectivity index (χ3n) is 5.86. The molecule has 1 aliphatic carbocycles. The second-order valence-electron chi connectivity index (χ2n) is 8.44. The molecule has 1 aliphatic rings. The molecule has 0 unspecified atom stereocenters. The number of rotatable bonds is 7. The number of methoxy groups -OCH3 is 1. The molecular formula is C26H26O12. The molecule has 38 heavy (non-hydrogen) atoms. The summed E-state index contributed by atoms with van der Waals surface area (Å²) in [7, 11) is 1.00. The van der Waals surface area contributed by atoms with Crippen LogP contribution in [0.4, 0.5) is 0 Å². The van der Waals surface area contributed by atoms with Gasteiger partial charge in [-0.25, -0.2) is 14.4 Å². The number of hydrogen-bond donors (Lipinski definition) is 6. The maximum atomic E-state index is 12.5. The van der Waals surface area contributed by atoms with Crippen LogP contribution in [-0.2, 0) is 28.6 Å². The first-order valence-electron chi connectivity index (χ1n) is 11.2. The predicted octanol–water partition coefficient (Wildman–Crippen LogP) is 1.12. The SMILES string of the molecule is COC(=O)[C@@]1(O)CC[C@@H](OC(=O)/C=C/c2ccc(O)c(O)c2)[C@H](OC(=O)/C=C/c2ccc(O)c(O)c2)[C@@H]1O. The standard InChI is InChI=1S/C26H26O12/c1-36-25(34)26(35)11-10-20(37-21(31)8-4-14-2-6-16(27)18(29)12-14)23(24(26)33)38-22(32)9-5-15-3-7-17(28)19(30)13-15/h2-9,12-13,20,23-24,27-30,33,35H,10-11H2,1H3/b8-4+,9-5+/t20-,23+,24+,26-/m1/s1. The second kappa shape index (κ2) is 11.7. The van der Waals surface area contributed by atoms with Gasteiger partial charge in [-0.05, 0) is 60.4 Å². The molecular weight excluding hydrogens is 504 g/mol. The maximum Gasteiger partial charge on any atom is 0.340 e. The summed E-state index contributed by atoms with van der Waals surface area (Å²) in [5, 5.41) is 59.4. The number of aliphatic hydroxyl groups excluding tert-OH is 1. The number of ether oxygens (including phenoxy) is 3. The second-order valence-corrected chi connectivity index (χ2v) is 8.44. The number of phenolic OH excluding ortho intramolecular Hbond substituents is 4. The average molecular weight is 530 g/mol. The molecule has 6 N–H and O–H groups in total. The Bertz CT molecular complexity index is 1270. The lowest BCUT2D eigenvalue weighted by Crippen LogP contribution is -2.63. The number of aromatic hydroxyl groups is 4. The van der Waals surface area contributed by atoms with Crippen molar-refractivity contribution in [1.82, 2.24) is 0 Å². The van der Waals surface area contributed by atoms with E-state index >= 15 is 0 Å². The van der Waals surface area contributed by atoms with Gasteiger partial charge >= 0.3 is 17.9 Å². The van der Waals surface area contributed by atoms with Crippen molar-refractivity contribution < 1.29 is 59.2 Å². The van der Waals surface area contributed by atoms with Crippen LogP contribution in [0.1, 0.15) is 24.0 Å². The highest BCUT2D eigenvalue weighted by molar-refractivity contribution is 5.88. The average Bonchev–Trinajstić information content (AvgIpc) is 2.89. The summed E-state index contributed by atoms with van der Waals surface area (Å²) < 4.78 is 15.1. The van der Waals surface area contributed by atoms with E-state index < -0.39 is 53.3 Å². The third kappa shape index (κ3) is 6.41. The topological polar surface area (TPSA) is 200 Å². The normalized spacial score (nSPS) is 23.3. The van der Waals surface area contributed by atoms with Gasteiger partial charge in [0.05, 0.1) is 7.11 Å². The van der Waals surface area contributed by atoms with Crippen molar-refractivity contribution in [2.75, 3.05) is 7.11 Å². The zero-order valence-corrected chi connectivity index (χ0v) is 20.1. The molecule has 0 saturated heterocycles. The Morgan fingerprint density at radius 2 is 1.34 bits per heavy atom. The maximum absolute atomic E-state index is 12.5. The monoisotopic (exact) mass is 530 g/mol. The molecule has 2 aromatic rings. The lowest BCUT2D eigenvalue weighted by atomic mass is 9.78. The Labute approximate surface area is 216 Å². The van der Waals surface area contributed by atoms with E-state index in [2.05, 4.69) is 4.74 Å². The van der Waals surface area contributed by atoms with Crippen LogP contribution in [0.15, 0.2) is 48.6 Å². The summed E-state index contributed by atoms with van der Waals surface area (Å²) in [5.74, 6) is -4.66. The first-order chi connectivity index (χ1) is 17.9. The molecule has 0 aromatic heterocycles. The van der Waals surface area contributed by atoms with E-state index in [0.717, 1.165) is 19.3 Å². The molecule has 202 valence electrons. The number of esters is 3. The number of hydrogen-bond acceptors (Lipinski definition) is 12. The van der Waals surface area contributed by atoms with Crippen molar-refractivity contribution in [1.29, 1.82) is 0 Å². The summed E-state index contributed by atoms with van der Waals surface area (Å²) in [4.78, 5) is 37.1. The molecule has 12 nitrogen and oxygen atoms in total. The van der Waals surface area contributed by atoms with Crippen molar-refractivity contribution in [3.63, 3.8) is 0 Å². The lowest BCUT2D eigenvalue weighted by Gasteiger charge is -2.42. The molecule has 0 heterocycles. The van der Waals surface area contributed by atoms with Gasteiger partial charge in [-0.15, -0.1) is 0 Å². The molecule has 0 radical (unpaired) electrons.